The molecule has 0 saturated carbocycles. The molecule has 1 aromatic heterocycles. The van der Waals surface area contributed by atoms with Crippen LogP contribution < -0.4 is 20.2 Å². The van der Waals surface area contributed by atoms with Crippen molar-refractivity contribution in [3.05, 3.63) is 93.3 Å². The number of ether oxygens (including phenoxy) is 2. The van der Waals surface area contributed by atoms with Crippen LogP contribution >= 0.6 is 0 Å². The van der Waals surface area contributed by atoms with Gasteiger partial charge in [-0.2, -0.15) is 13.2 Å². The zero-order valence-corrected chi connectivity index (χ0v) is 22.8. The van der Waals surface area contributed by atoms with Crippen LogP contribution in [0.5, 0.6) is 17.2 Å². The summed E-state index contributed by atoms with van der Waals surface area (Å²) in [7, 11) is 0. The summed E-state index contributed by atoms with van der Waals surface area (Å²) in [5.41, 5.74) is 2.10. The van der Waals surface area contributed by atoms with Crippen molar-refractivity contribution in [2.45, 2.75) is 52.6 Å². The summed E-state index contributed by atoms with van der Waals surface area (Å²) in [4.78, 5) is 25.9. The minimum absolute atomic E-state index is 0.0625. The molecule has 0 aliphatic rings. The molecule has 0 saturated heterocycles. The van der Waals surface area contributed by atoms with Crippen LogP contribution in [-0.4, -0.2) is 12.5 Å². The summed E-state index contributed by atoms with van der Waals surface area (Å²) in [6.45, 7) is 9.46. The third-order valence-corrected chi connectivity index (χ3v) is 6.30. The molecule has 0 aliphatic carbocycles. The van der Waals surface area contributed by atoms with E-state index in [0.29, 0.717) is 0 Å². The fourth-order valence-electron chi connectivity index (χ4n) is 4.34. The average Bonchev–Trinajstić information content (AvgIpc) is 2.88. The van der Waals surface area contributed by atoms with Gasteiger partial charge in [-0.3, -0.25) is 9.59 Å². The first-order chi connectivity index (χ1) is 18.8. The molecule has 0 spiro atoms. The maximum Gasteiger partial charge on any atom is 0.453 e. The molecule has 1 heterocycles. The van der Waals surface area contributed by atoms with E-state index in [-0.39, 0.29) is 34.3 Å². The second-order valence-electron chi connectivity index (χ2n) is 10.1. The number of halogens is 3. The van der Waals surface area contributed by atoms with Crippen molar-refractivity contribution in [2.24, 2.45) is 0 Å². The quantitative estimate of drug-likeness (QED) is 0.238. The Morgan fingerprint density at radius 2 is 1.57 bits per heavy atom. The van der Waals surface area contributed by atoms with Gasteiger partial charge in [0.2, 0.25) is 11.2 Å². The zero-order valence-electron chi connectivity index (χ0n) is 22.8. The first-order valence-corrected chi connectivity index (χ1v) is 12.8. The van der Waals surface area contributed by atoms with Crippen LogP contribution in [0.4, 0.5) is 18.9 Å². The van der Waals surface area contributed by atoms with Crippen molar-refractivity contribution < 1.29 is 31.9 Å². The van der Waals surface area contributed by atoms with Gasteiger partial charge in [-0.05, 0) is 59.7 Å². The highest BCUT2D eigenvalue weighted by Crippen LogP contribution is 2.39. The van der Waals surface area contributed by atoms with Gasteiger partial charge in [-0.15, -0.1) is 0 Å². The molecule has 1 amide bonds. The van der Waals surface area contributed by atoms with E-state index in [4.69, 9.17) is 13.9 Å². The number of aryl methyl sites for hydroxylation is 1. The molecule has 9 heteroatoms. The SMILES string of the molecule is Cc1cccc(Oc2c(C(F)(F)F)oc3cc(OCC(=O)Nc4c(C(C)C)cccc4C(C)C)ccc3c2=O)c1. The van der Waals surface area contributed by atoms with Gasteiger partial charge in [0.1, 0.15) is 17.1 Å². The summed E-state index contributed by atoms with van der Waals surface area (Å²) in [5, 5.41) is 2.79. The number of anilines is 1. The fraction of sp³-hybridized carbons (Fsp3) is 0.290. The van der Waals surface area contributed by atoms with Gasteiger partial charge in [-0.1, -0.05) is 58.0 Å². The Bertz CT molecular complexity index is 1580. The number of alkyl halides is 3. The molecule has 6 nitrogen and oxygen atoms in total. The van der Waals surface area contributed by atoms with Crippen molar-refractivity contribution in [3.63, 3.8) is 0 Å². The van der Waals surface area contributed by atoms with E-state index in [1.54, 1.807) is 19.1 Å². The van der Waals surface area contributed by atoms with Crippen molar-refractivity contribution in [3.8, 4) is 17.2 Å². The van der Waals surface area contributed by atoms with E-state index < -0.39 is 35.6 Å². The molecule has 4 rings (SSSR count). The normalized spacial score (nSPS) is 11.8. The number of amides is 1. The number of nitrogens with one attached hydrogen (secondary N) is 1. The standard InChI is InChI=1S/C31H30F3NO5/c1-17(2)22-10-7-11-23(18(3)4)27(22)35-26(36)16-38-20-12-13-24-25(15-20)40-30(31(32,33)34)29(28(24)37)39-21-9-6-8-19(5)14-21/h6-15,17-18H,16H2,1-5H3,(H,35,36). The van der Waals surface area contributed by atoms with Gasteiger partial charge in [0.25, 0.3) is 11.7 Å². The molecule has 4 aromatic rings. The van der Waals surface area contributed by atoms with Gasteiger partial charge in [0, 0.05) is 11.8 Å². The van der Waals surface area contributed by atoms with E-state index in [1.807, 2.05) is 45.9 Å². The number of rotatable bonds is 8. The molecule has 210 valence electrons. The number of carbonyl (C=O) groups is 1. The molecular formula is C31H30F3NO5. The highest BCUT2D eigenvalue weighted by molar-refractivity contribution is 5.94. The molecule has 0 atom stereocenters. The van der Waals surface area contributed by atoms with Gasteiger partial charge in [0.05, 0.1) is 5.39 Å². The molecule has 0 aliphatic heterocycles. The number of carbonyl (C=O) groups excluding carboxylic acids is 1. The maximum atomic E-state index is 13.9. The Hall–Kier alpha value is -4.27. The van der Waals surface area contributed by atoms with E-state index >= 15 is 0 Å². The lowest BCUT2D eigenvalue weighted by Crippen LogP contribution is -2.22. The highest BCUT2D eigenvalue weighted by atomic mass is 19.4. The molecule has 40 heavy (non-hydrogen) atoms. The molecule has 0 fully saturated rings. The summed E-state index contributed by atoms with van der Waals surface area (Å²) < 4.78 is 57.7. The van der Waals surface area contributed by atoms with Crippen molar-refractivity contribution in [2.75, 3.05) is 11.9 Å². The summed E-state index contributed by atoms with van der Waals surface area (Å²) >= 11 is 0. The third-order valence-electron chi connectivity index (χ3n) is 6.30. The maximum absolute atomic E-state index is 13.9. The largest absolute Gasteiger partial charge is 0.484 e. The van der Waals surface area contributed by atoms with Gasteiger partial charge in [-0.25, -0.2) is 0 Å². The molecule has 3 aromatic carbocycles. The zero-order chi connectivity index (χ0) is 29.2. The average molecular weight is 554 g/mol. The topological polar surface area (TPSA) is 77.8 Å². The van der Waals surface area contributed by atoms with Gasteiger partial charge in [0.15, 0.2) is 6.61 Å². The molecule has 0 bridgehead atoms. The molecule has 0 radical (unpaired) electrons. The lowest BCUT2D eigenvalue weighted by atomic mass is 9.92. The fourth-order valence-corrected chi connectivity index (χ4v) is 4.34. The Morgan fingerprint density at radius 1 is 0.925 bits per heavy atom. The smallest absolute Gasteiger partial charge is 0.453 e. The van der Waals surface area contributed by atoms with E-state index in [0.717, 1.165) is 28.4 Å². The number of fused-ring (bicyclic) bond motifs is 1. The molecule has 0 unspecified atom stereocenters. The van der Waals surface area contributed by atoms with Crippen LogP contribution in [0.25, 0.3) is 11.0 Å². The number of para-hydroxylation sites is 1. The summed E-state index contributed by atoms with van der Waals surface area (Å²) in [6.07, 6.45) is -5.00. The predicted molar refractivity (Wildman–Crippen MR) is 147 cm³/mol. The van der Waals surface area contributed by atoms with E-state index in [9.17, 15) is 22.8 Å². The molecule has 1 N–H and O–H groups in total. The van der Waals surface area contributed by atoms with Crippen molar-refractivity contribution in [1.29, 1.82) is 0 Å². The minimum atomic E-state index is -5.00. The van der Waals surface area contributed by atoms with Crippen LogP contribution in [0.3, 0.4) is 0 Å². The Morgan fingerprint density at radius 3 is 2.17 bits per heavy atom. The second-order valence-corrected chi connectivity index (χ2v) is 10.1. The van der Waals surface area contributed by atoms with Crippen LogP contribution in [0.15, 0.2) is 69.9 Å². The molecular weight excluding hydrogens is 523 g/mol. The van der Waals surface area contributed by atoms with Crippen LogP contribution in [-0.2, 0) is 11.0 Å². The Balaban J connectivity index is 1.60. The van der Waals surface area contributed by atoms with E-state index in [2.05, 4.69) is 5.32 Å². The van der Waals surface area contributed by atoms with E-state index in [1.165, 1.54) is 24.3 Å². The lowest BCUT2D eigenvalue weighted by molar-refractivity contribution is -0.154. The first kappa shape index (κ1) is 28.7. The third kappa shape index (κ3) is 6.30. The van der Waals surface area contributed by atoms with Crippen LogP contribution in [0.2, 0.25) is 0 Å². The Kier molecular flexibility index (Phi) is 8.23. The predicted octanol–water partition coefficient (Wildman–Crippen LogP) is 8.18. The Labute approximate surface area is 229 Å². The number of hydrogen-bond acceptors (Lipinski definition) is 5. The highest BCUT2D eigenvalue weighted by Gasteiger charge is 2.40. The van der Waals surface area contributed by atoms with Crippen molar-refractivity contribution in [1.82, 2.24) is 0 Å². The number of benzene rings is 3. The minimum Gasteiger partial charge on any atom is -0.484 e. The lowest BCUT2D eigenvalue weighted by Gasteiger charge is -2.20. The summed E-state index contributed by atoms with van der Waals surface area (Å²) in [5.74, 6) is -2.48. The van der Waals surface area contributed by atoms with Gasteiger partial charge < -0.3 is 19.2 Å². The van der Waals surface area contributed by atoms with Crippen LogP contribution in [0.1, 0.15) is 62.0 Å². The number of hydrogen-bond donors (Lipinski definition) is 1. The second kappa shape index (κ2) is 11.5. The van der Waals surface area contributed by atoms with Crippen molar-refractivity contribution >= 4 is 22.6 Å². The monoisotopic (exact) mass is 553 g/mol. The van der Waals surface area contributed by atoms with Crippen LogP contribution in [0, 0.1) is 6.92 Å². The van der Waals surface area contributed by atoms with Gasteiger partial charge >= 0.3 is 6.18 Å². The first-order valence-electron chi connectivity index (χ1n) is 12.8. The summed E-state index contributed by atoms with van der Waals surface area (Å²) in [6, 6.07) is 16.0.